The van der Waals surface area contributed by atoms with Crippen molar-refractivity contribution in [3.8, 4) is 5.75 Å². The zero-order valence-corrected chi connectivity index (χ0v) is 12.6. The first-order chi connectivity index (χ1) is 9.70. The van der Waals surface area contributed by atoms with Gasteiger partial charge in [-0.1, -0.05) is 18.2 Å². The summed E-state index contributed by atoms with van der Waals surface area (Å²) in [6.07, 6.45) is 0.311. The molecule has 1 fully saturated rings. The van der Waals surface area contributed by atoms with E-state index < -0.39 is 6.10 Å². The highest BCUT2D eigenvalue weighted by Gasteiger charge is 2.17. The van der Waals surface area contributed by atoms with Gasteiger partial charge in [-0.15, -0.1) is 0 Å². The van der Waals surface area contributed by atoms with E-state index in [4.69, 9.17) is 4.74 Å². The highest BCUT2D eigenvalue weighted by molar-refractivity contribution is 5.35. The Bertz CT molecular complexity index is 403. The molecule has 1 aromatic rings. The second-order valence-electron chi connectivity index (χ2n) is 5.42. The van der Waals surface area contributed by atoms with Crippen LogP contribution in [0.1, 0.15) is 25.0 Å². The van der Waals surface area contributed by atoms with Crippen LogP contribution in [0.4, 0.5) is 0 Å². The molecule has 1 aliphatic heterocycles. The lowest BCUT2D eigenvalue weighted by Gasteiger charge is -2.32. The van der Waals surface area contributed by atoms with E-state index in [2.05, 4.69) is 16.8 Å². The van der Waals surface area contributed by atoms with Crippen molar-refractivity contribution in [2.24, 2.45) is 0 Å². The summed E-state index contributed by atoms with van der Waals surface area (Å²) in [4.78, 5) is 4.77. The highest BCUT2D eigenvalue weighted by atomic mass is 16.5. The van der Waals surface area contributed by atoms with E-state index in [1.54, 1.807) is 0 Å². The molecule has 0 spiro atoms. The molecule has 1 aliphatic rings. The second kappa shape index (κ2) is 7.62. The summed E-state index contributed by atoms with van der Waals surface area (Å²) >= 11 is 0. The summed E-state index contributed by atoms with van der Waals surface area (Å²) in [5, 5.41) is 10.4. The van der Waals surface area contributed by atoms with Gasteiger partial charge in [0.15, 0.2) is 0 Å². The molecule has 0 saturated carbocycles. The maximum Gasteiger partial charge on any atom is 0.125 e. The summed E-state index contributed by atoms with van der Waals surface area (Å²) in [5.41, 5.74) is 0.906. The largest absolute Gasteiger partial charge is 0.493 e. The van der Waals surface area contributed by atoms with Gasteiger partial charge in [0.2, 0.25) is 0 Å². The fourth-order valence-corrected chi connectivity index (χ4v) is 2.57. The molecule has 0 radical (unpaired) electrons. The van der Waals surface area contributed by atoms with Gasteiger partial charge >= 0.3 is 0 Å². The molecule has 1 atom stereocenters. The van der Waals surface area contributed by atoms with Crippen LogP contribution in [0.2, 0.25) is 0 Å². The molecule has 112 valence electrons. The van der Waals surface area contributed by atoms with Crippen molar-refractivity contribution in [3.63, 3.8) is 0 Å². The van der Waals surface area contributed by atoms with Gasteiger partial charge in [0.1, 0.15) is 5.75 Å². The minimum absolute atomic E-state index is 0.447. The topological polar surface area (TPSA) is 35.9 Å². The van der Waals surface area contributed by atoms with Gasteiger partial charge in [0, 0.05) is 38.3 Å². The molecule has 1 aromatic carbocycles. The summed E-state index contributed by atoms with van der Waals surface area (Å²) in [6, 6.07) is 7.79. The molecule has 4 nitrogen and oxygen atoms in total. The van der Waals surface area contributed by atoms with Gasteiger partial charge < -0.3 is 19.6 Å². The Kier molecular flexibility index (Phi) is 5.83. The standard InChI is InChI=1S/C16H26N2O2/c1-3-20-16-7-5-4-6-14(16)15(19)8-9-18-12-10-17(2)11-13-18/h4-7,15,19H,3,8-13H2,1-2H3. The third-order valence-corrected chi connectivity index (χ3v) is 3.89. The first-order valence-electron chi connectivity index (χ1n) is 7.51. The number of hydrogen-bond acceptors (Lipinski definition) is 4. The van der Waals surface area contributed by atoms with E-state index in [0.717, 1.165) is 50.5 Å². The van der Waals surface area contributed by atoms with Crippen molar-refractivity contribution < 1.29 is 9.84 Å². The average molecular weight is 278 g/mol. The minimum atomic E-state index is -0.447. The van der Waals surface area contributed by atoms with Crippen LogP contribution in [0.5, 0.6) is 5.75 Å². The average Bonchev–Trinajstić information content (AvgIpc) is 2.47. The number of benzene rings is 1. The van der Waals surface area contributed by atoms with E-state index in [1.807, 2.05) is 31.2 Å². The molecule has 4 heteroatoms. The summed E-state index contributed by atoms with van der Waals surface area (Å²) in [5.74, 6) is 0.806. The molecule has 2 rings (SSSR count). The molecule has 1 saturated heterocycles. The van der Waals surface area contributed by atoms with Crippen LogP contribution in [0.15, 0.2) is 24.3 Å². The fraction of sp³-hybridized carbons (Fsp3) is 0.625. The molecular weight excluding hydrogens is 252 g/mol. The molecule has 20 heavy (non-hydrogen) atoms. The number of aliphatic hydroxyl groups excluding tert-OH is 1. The molecule has 1 unspecified atom stereocenters. The Morgan fingerprint density at radius 3 is 2.60 bits per heavy atom. The summed E-state index contributed by atoms with van der Waals surface area (Å²) in [7, 11) is 2.16. The first kappa shape index (κ1) is 15.3. The number of para-hydroxylation sites is 1. The van der Waals surface area contributed by atoms with E-state index in [9.17, 15) is 5.11 Å². The Labute approximate surface area is 122 Å². The quantitative estimate of drug-likeness (QED) is 0.860. The zero-order chi connectivity index (χ0) is 14.4. The maximum atomic E-state index is 10.4. The molecule has 1 heterocycles. The van der Waals surface area contributed by atoms with Gasteiger partial charge in [-0.05, 0) is 26.5 Å². The molecule has 1 N–H and O–H groups in total. The van der Waals surface area contributed by atoms with Crippen molar-refractivity contribution in [1.82, 2.24) is 9.80 Å². The molecule has 0 bridgehead atoms. The number of ether oxygens (including phenoxy) is 1. The van der Waals surface area contributed by atoms with Gasteiger partial charge in [-0.2, -0.15) is 0 Å². The van der Waals surface area contributed by atoms with Crippen LogP contribution in [-0.2, 0) is 0 Å². The van der Waals surface area contributed by atoms with E-state index >= 15 is 0 Å². The van der Waals surface area contributed by atoms with E-state index in [0.29, 0.717) is 6.61 Å². The van der Waals surface area contributed by atoms with Crippen LogP contribution in [-0.4, -0.2) is 61.3 Å². The van der Waals surface area contributed by atoms with Crippen LogP contribution in [0, 0.1) is 0 Å². The summed E-state index contributed by atoms with van der Waals surface area (Å²) in [6.45, 7) is 7.95. The van der Waals surface area contributed by atoms with Crippen molar-refractivity contribution in [2.75, 3.05) is 46.4 Å². The minimum Gasteiger partial charge on any atom is -0.493 e. The Balaban J connectivity index is 1.86. The van der Waals surface area contributed by atoms with E-state index in [-0.39, 0.29) is 0 Å². The van der Waals surface area contributed by atoms with Crippen LogP contribution >= 0.6 is 0 Å². The predicted molar refractivity (Wildman–Crippen MR) is 81.1 cm³/mol. The van der Waals surface area contributed by atoms with Crippen molar-refractivity contribution in [2.45, 2.75) is 19.4 Å². The lowest BCUT2D eigenvalue weighted by Crippen LogP contribution is -2.44. The van der Waals surface area contributed by atoms with Crippen LogP contribution < -0.4 is 4.74 Å². The zero-order valence-electron chi connectivity index (χ0n) is 12.6. The fourth-order valence-electron chi connectivity index (χ4n) is 2.57. The van der Waals surface area contributed by atoms with Gasteiger partial charge in [-0.25, -0.2) is 0 Å². The first-order valence-corrected chi connectivity index (χ1v) is 7.51. The monoisotopic (exact) mass is 278 g/mol. The van der Waals surface area contributed by atoms with Gasteiger partial charge in [0.25, 0.3) is 0 Å². The Morgan fingerprint density at radius 2 is 1.90 bits per heavy atom. The van der Waals surface area contributed by atoms with Gasteiger partial charge in [-0.3, -0.25) is 0 Å². The van der Waals surface area contributed by atoms with Crippen LogP contribution in [0.25, 0.3) is 0 Å². The van der Waals surface area contributed by atoms with E-state index in [1.165, 1.54) is 0 Å². The third kappa shape index (κ3) is 4.20. The lowest BCUT2D eigenvalue weighted by molar-refractivity contribution is 0.111. The Morgan fingerprint density at radius 1 is 1.20 bits per heavy atom. The lowest BCUT2D eigenvalue weighted by atomic mass is 10.0. The number of likely N-dealkylation sites (N-methyl/N-ethyl adjacent to an activating group) is 1. The van der Waals surface area contributed by atoms with Crippen molar-refractivity contribution in [1.29, 1.82) is 0 Å². The van der Waals surface area contributed by atoms with Gasteiger partial charge in [0.05, 0.1) is 12.7 Å². The third-order valence-electron chi connectivity index (χ3n) is 3.89. The number of nitrogens with zero attached hydrogens (tertiary/aromatic N) is 2. The van der Waals surface area contributed by atoms with Crippen molar-refractivity contribution in [3.05, 3.63) is 29.8 Å². The Hall–Kier alpha value is -1.10. The highest BCUT2D eigenvalue weighted by Crippen LogP contribution is 2.27. The number of rotatable bonds is 6. The maximum absolute atomic E-state index is 10.4. The molecule has 0 aliphatic carbocycles. The van der Waals surface area contributed by atoms with Crippen LogP contribution in [0.3, 0.4) is 0 Å². The number of aliphatic hydroxyl groups is 1. The smallest absolute Gasteiger partial charge is 0.125 e. The summed E-state index contributed by atoms with van der Waals surface area (Å²) < 4.78 is 5.58. The number of hydrogen-bond donors (Lipinski definition) is 1. The normalized spacial score (nSPS) is 18.9. The SMILES string of the molecule is CCOc1ccccc1C(O)CCN1CCN(C)CC1. The molecule has 0 aromatic heterocycles. The molecular formula is C16H26N2O2. The molecule has 0 amide bonds. The predicted octanol–water partition coefficient (Wildman–Crippen LogP) is 1.76. The van der Waals surface area contributed by atoms with Crippen molar-refractivity contribution >= 4 is 0 Å². The number of piperazine rings is 1. The second-order valence-corrected chi connectivity index (χ2v) is 5.42.